The Morgan fingerprint density at radius 3 is 2.70 bits per heavy atom. The molecule has 1 aliphatic heterocycles. The van der Waals surface area contributed by atoms with Crippen LogP contribution in [0.2, 0.25) is 0 Å². The number of carbonyl (C=O) groups is 1. The van der Waals surface area contributed by atoms with Gasteiger partial charge in [-0.25, -0.2) is 0 Å². The molecule has 23 heavy (non-hydrogen) atoms. The predicted octanol–water partition coefficient (Wildman–Crippen LogP) is 4.27. The van der Waals surface area contributed by atoms with Crippen molar-refractivity contribution < 1.29 is 4.79 Å². The fourth-order valence-electron chi connectivity index (χ4n) is 3.58. The predicted molar refractivity (Wildman–Crippen MR) is 91.9 cm³/mol. The molecule has 0 unspecified atom stereocenters. The molecule has 1 fully saturated rings. The molecule has 0 bridgehead atoms. The lowest BCUT2D eigenvalue weighted by atomic mass is 10.1. The van der Waals surface area contributed by atoms with Crippen molar-refractivity contribution in [2.24, 2.45) is 0 Å². The zero-order valence-electron chi connectivity index (χ0n) is 13.3. The van der Waals surface area contributed by atoms with E-state index in [1.807, 2.05) is 23.1 Å². The first kappa shape index (κ1) is 14.1. The minimum absolute atomic E-state index is 0.113. The first-order valence-corrected chi connectivity index (χ1v) is 8.13. The summed E-state index contributed by atoms with van der Waals surface area (Å²) < 4.78 is 2.26. The van der Waals surface area contributed by atoms with Crippen LogP contribution < -0.4 is 0 Å². The maximum absolute atomic E-state index is 12.4. The van der Waals surface area contributed by atoms with E-state index < -0.39 is 0 Å². The van der Waals surface area contributed by atoms with Crippen LogP contribution >= 0.6 is 0 Å². The van der Waals surface area contributed by atoms with Gasteiger partial charge >= 0.3 is 0 Å². The zero-order chi connectivity index (χ0) is 15.8. The van der Waals surface area contributed by atoms with E-state index in [0.29, 0.717) is 13.0 Å². The molecule has 0 N–H and O–H groups in total. The molecule has 0 spiro atoms. The molecule has 116 valence electrons. The summed E-state index contributed by atoms with van der Waals surface area (Å²) in [4.78, 5) is 14.4. The average Bonchev–Trinajstić information content (AvgIpc) is 3.14. The van der Waals surface area contributed by atoms with Gasteiger partial charge in [-0.3, -0.25) is 4.79 Å². The quantitative estimate of drug-likeness (QED) is 0.709. The van der Waals surface area contributed by atoms with Crippen LogP contribution in [0.5, 0.6) is 0 Å². The number of hydrogen-bond donors (Lipinski definition) is 0. The van der Waals surface area contributed by atoms with E-state index in [9.17, 15) is 4.79 Å². The number of fused-ring (bicyclic) bond motifs is 1. The number of aromatic nitrogens is 1. The maximum atomic E-state index is 12.4. The third-order valence-electron chi connectivity index (χ3n) is 4.79. The molecule has 0 saturated carbocycles. The molecule has 4 rings (SSSR count). The van der Waals surface area contributed by atoms with Gasteiger partial charge in [0.25, 0.3) is 0 Å². The Labute approximate surface area is 136 Å². The molecule has 2 heterocycles. The second-order valence-electron chi connectivity index (χ2n) is 6.26. The van der Waals surface area contributed by atoms with Crippen LogP contribution in [0.3, 0.4) is 0 Å². The number of hydrogen-bond acceptors (Lipinski definition) is 1. The minimum Gasteiger partial charge on any atom is -0.326 e. The molecule has 2 aromatic carbocycles. The third kappa shape index (κ3) is 2.42. The van der Waals surface area contributed by atoms with Crippen LogP contribution in [0.15, 0.2) is 60.8 Å². The van der Waals surface area contributed by atoms with Gasteiger partial charge in [0.15, 0.2) is 0 Å². The minimum atomic E-state index is 0.113. The summed E-state index contributed by atoms with van der Waals surface area (Å²) in [5, 5.41) is 1.27. The van der Waals surface area contributed by atoms with Crippen molar-refractivity contribution in [3.8, 4) is 0 Å². The molecule has 1 saturated heterocycles. The summed E-state index contributed by atoms with van der Waals surface area (Å²) in [7, 11) is 0. The highest BCUT2D eigenvalue weighted by Crippen LogP contribution is 2.33. The SMILES string of the molecule is Cc1cccc2c1ccn2[C@@H]1CCC(=O)N1Cc1ccccc1. The number of carbonyl (C=O) groups excluding carboxylic acids is 1. The van der Waals surface area contributed by atoms with E-state index >= 15 is 0 Å². The zero-order valence-corrected chi connectivity index (χ0v) is 13.3. The Morgan fingerprint density at radius 2 is 1.87 bits per heavy atom. The molecule has 1 aromatic heterocycles. The lowest BCUT2D eigenvalue weighted by Gasteiger charge is -2.27. The number of amides is 1. The topological polar surface area (TPSA) is 25.2 Å². The fourth-order valence-corrected chi connectivity index (χ4v) is 3.58. The van der Waals surface area contributed by atoms with E-state index in [2.05, 4.69) is 54.1 Å². The van der Waals surface area contributed by atoms with Crippen molar-refractivity contribution in [3.63, 3.8) is 0 Å². The highest BCUT2D eigenvalue weighted by Gasteiger charge is 2.32. The molecule has 0 radical (unpaired) electrons. The summed E-state index contributed by atoms with van der Waals surface area (Å²) in [5.41, 5.74) is 3.67. The molecule has 1 atom stereocenters. The normalized spacial score (nSPS) is 18.0. The Balaban J connectivity index is 1.71. The average molecular weight is 304 g/mol. The molecule has 1 aliphatic rings. The van der Waals surface area contributed by atoms with Gasteiger partial charge in [-0.1, -0.05) is 42.5 Å². The van der Waals surface area contributed by atoms with Crippen molar-refractivity contribution in [1.82, 2.24) is 9.47 Å². The van der Waals surface area contributed by atoms with E-state index in [-0.39, 0.29) is 12.1 Å². The molecule has 3 nitrogen and oxygen atoms in total. The summed E-state index contributed by atoms with van der Waals surface area (Å²) in [6.45, 7) is 2.81. The Bertz CT molecular complexity index is 850. The number of nitrogens with zero attached hydrogens (tertiary/aromatic N) is 2. The first-order chi connectivity index (χ1) is 11.2. The highest BCUT2D eigenvalue weighted by atomic mass is 16.2. The van der Waals surface area contributed by atoms with E-state index in [1.165, 1.54) is 22.0 Å². The van der Waals surface area contributed by atoms with E-state index in [0.717, 1.165) is 6.42 Å². The van der Waals surface area contributed by atoms with Gasteiger partial charge in [0.2, 0.25) is 5.91 Å². The maximum Gasteiger partial charge on any atom is 0.224 e. The third-order valence-corrected chi connectivity index (χ3v) is 4.79. The standard InChI is InChI=1S/C20H20N2O/c1-15-6-5-9-18-17(15)12-13-21(18)19-10-11-20(23)22(19)14-16-7-3-2-4-8-16/h2-9,12-13,19H,10-11,14H2,1H3/t19-/m0/s1. The van der Waals surface area contributed by atoms with Crippen molar-refractivity contribution in [1.29, 1.82) is 0 Å². The van der Waals surface area contributed by atoms with Crippen molar-refractivity contribution in [3.05, 3.63) is 71.9 Å². The van der Waals surface area contributed by atoms with Crippen LogP contribution in [0.4, 0.5) is 0 Å². The van der Waals surface area contributed by atoms with Crippen LogP contribution in [0.25, 0.3) is 10.9 Å². The molecule has 3 aromatic rings. The number of rotatable bonds is 3. The lowest BCUT2D eigenvalue weighted by molar-refractivity contribution is -0.130. The monoisotopic (exact) mass is 304 g/mol. The van der Waals surface area contributed by atoms with E-state index in [1.54, 1.807) is 0 Å². The number of likely N-dealkylation sites (tertiary alicyclic amines) is 1. The fraction of sp³-hybridized carbons (Fsp3) is 0.250. The Morgan fingerprint density at radius 1 is 1.04 bits per heavy atom. The van der Waals surface area contributed by atoms with E-state index in [4.69, 9.17) is 0 Å². The second kappa shape index (κ2) is 5.58. The van der Waals surface area contributed by atoms with Crippen LogP contribution in [0.1, 0.15) is 30.1 Å². The highest BCUT2D eigenvalue weighted by molar-refractivity contribution is 5.84. The van der Waals surface area contributed by atoms with Crippen molar-refractivity contribution >= 4 is 16.8 Å². The van der Waals surface area contributed by atoms with Gasteiger partial charge < -0.3 is 9.47 Å². The summed E-state index contributed by atoms with van der Waals surface area (Å²) >= 11 is 0. The van der Waals surface area contributed by atoms with Gasteiger partial charge in [-0.05, 0) is 36.6 Å². The van der Waals surface area contributed by atoms with Crippen LogP contribution in [-0.2, 0) is 11.3 Å². The Hall–Kier alpha value is -2.55. The van der Waals surface area contributed by atoms with Crippen molar-refractivity contribution in [2.45, 2.75) is 32.5 Å². The molecule has 1 amide bonds. The summed E-state index contributed by atoms with van der Waals surface area (Å²) in [6.07, 6.45) is 3.74. The van der Waals surface area contributed by atoms with Crippen LogP contribution in [-0.4, -0.2) is 15.4 Å². The number of aryl methyl sites for hydroxylation is 1. The molecule has 0 aliphatic carbocycles. The lowest BCUT2D eigenvalue weighted by Crippen LogP contribution is -2.30. The molecule has 3 heteroatoms. The van der Waals surface area contributed by atoms with Gasteiger partial charge in [0.05, 0.1) is 5.52 Å². The summed E-state index contributed by atoms with van der Waals surface area (Å²) in [6, 6.07) is 18.8. The van der Waals surface area contributed by atoms with Crippen LogP contribution in [0, 0.1) is 6.92 Å². The van der Waals surface area contributed by atoms with Crippen molar-refractivity contribution in [2.75, 3.05) is 0 Å². The summed E-state index contributed by atoms with van der Waals surface area (Å²) in [5.74, 6) is 0.244. The second-order valence-corrected chi connectivity index (χ2v) is 6.26. The van der Waals surface area contributed by atoms with Gasteiger partial charge in [-0.15, -0.1) is 0 Å². The van der Waals surface area contributed by atoms with Gasteiger partial charge in [0.1, 0.15) is 6.17 Å². The largest absolute Gasteiger partial charge is 0.326 e. The first-order valence-electron chi connectivity index (χ1n) is 8.13. The van der Waals surface area contributed by atoms with Gasteiger partial charge in [0, 0.05) is 24.5 Å². The number of benzene rings is 2. The smallest absolute Gasteiger partial charge is 0.224 e. The molecular formula is C20H20N2O. The van der Waals surface area contributed by atoms with Gasteiger partial charge in [-0.2, -0.15) is 0 Å². The molecular weight excluding hydrogens is 284 g/mol. The Kier molecular flexibility index (Phi) is 3.41.